The van der Waals surface area contributed by atoms with Gasteiger partial charge >= 0.3 is 0 Å². The van der Waals surface area contributed by atoms with Gasteiger partial charge in [-0.1, -0.05) is 40.7 Å². The SMILES string of the molecule is CCC(N)Cc1ccc(Br)cc1Sc1ncns1. The number of nitrogens with zero attached hydrogens (tertiary/aromatic N) is 2. The summed E-state index contributed by atoms with van der Waals surface area (Å²) in [6.07, 6.45) is 3.46. The van der Waals surface area contributed by atoms with Gasteiger partial charge < -0.3 is 5.73 Å². The van der Waals surface area contributed by atoms with Crippen LogP contribution >= 0.6 is 39.2 Å². The maximum Gasteiger partial charge on any atom is 0.174 e. The van der Waals surface area contributed by atoms with E-state index in [0.717, 1.165) is 21.7 Å². The second-order valence-corrected chi connectivity index (χ2v) is 6.92. The van der Waals surface area contributed by atoms with Gasteiger partial charge in [0.1, 0.15) is 6.33 Å². The van der Waals surface area contributed by atoms with Gasteiger partial charge in [-0.3, -0.25) is 0 Å². The Morgan fingerprint density at radius 1 is 1.50 bits per heavy atom. The maximum atomic E-state index is 6.04. The minimum atomic E-state index is 0.208. The van der Waals surface area contributed by atoms with Gasteiger partial charge in [0.05, 0.1) is 0 Å². The van der Waals surface area contributed by atoms with E-state index < -0.39 is 0 Å². The summed E-state index contributed by atoms with van der Waals surface area (Å²) >= 11 is 6.57. The zero-order valence-corrected chi connectivity index (χ0v) is 13.2. The maximum absolute atomic E-state index is 6.04. The van der Waals surface area contributed by atoms with Gasteiger partial charge in [0.25, 0.3) is 0 Å². The molecule has 0 fully saturated rings. The van der Waals surface area contributed by atoms with Crippen LogP contribution in [0.2, 0.25) is 0 Å². The van der Waals surface area contributed by atoms with Crippen molar-refractivity contribution < 1.29 is 0 Å². The Balaban J connectivity index is 2.23. The molecular weight excluding hydrogens is 330 g/mol. The highest BCUT2D eigenvalue weighted by Crippen LogP contribution is 2.33. The average Bonchev–Trinajstić information content (AvgIpc) is 2.85. The topological polar surface area (TPSA) is 51.8 Å². The number of benzene rings is 1. The van der Waals surface area contributed by atoms with E-state index in [2.05, 4.69) is 50.4 Å². The molecule has 0 aliphatic rings. The van der Waals surface area contributed by atoms with Crippen molar-refractivity contribution in [2.24, 2.45) is 5.73 Å². The molecule has 0 aliphatic carbocycles. The number of nitrogens with two attached hydrogens (primary N) is 1. The van der Waals surface area contributed by atoms with Crippen LogP contribution in [0.5, 0.6) is 0 Å². The lowest BCUT2D eigenvalue weighted by Crippen LogP contribution is -2.21. The molecule has 0 amide bonds. The molecule has 0 aliphatic heterocycles. The zero-order chi connectivity index (χ0) is 13.0. The normalized spacial score (nSPS) is 12.6. The summed E-state index contributed by atoms with van der Waals surface area (Å²) in [5.41, 5.74) is 7.31. The van der Waals surface area contributed by atoms with Gasteiger partial charge in [0.2, 0.25) is 0 Å². The first-order chi connectivity index (χ1) is 8.69. The van der Waals surface area contributed by atoms with Crippen molar-refractivity contribution in [3.63, 3.8) is 0 Å². The largest absolute Gasteiger partial charge is 0.327 e. The summed E-state index contributed by atoms with van der Waals surface area (Å²) in [4.78, 5) is 5.40. The molecule has 0 saturated carbocycles. The molecular formula is C12H14BrN3S2. The Labute approximate surface area is 123 Å². The molecule has 0 saturated heterocycles. The Bertz CT molecular complexity index is 502. The molecule has 3 nitrogen and oxygen atoms in total. The molecule has 0 spiro atoms. The van der Waals surface area contributed by atoms with E-state index in [1.165, 1.54) is 22.0 Å². The summed E-state index contributed by atoms with van der Waals surface area (Å²) in [6.45, 7) is 2.11. The van der Waals surface area contributed by atoms with Crippen LogP contribution in [0.3, 0.4) is 0 Å². The van der Waals surface area contributed by atoms with Gasteiger partial charge in [-0.05, 0) is 42.1 Å². The number of hydrogen-bond acceptors (Lipinski definition) is 5. The van der Waals surface area contributed by atoms with E-state index in [-0.39, 0.29) is 6.04 Å². The summed E-state index contributed by atoms with van der Waals surface area (Å²) < 4.78 is 6.05. The molecule has 2 rings (SSSR count). The van der Waals surface area contributed by atoms with Crippen LogP contribution in [-0.4, -0.2) is 15.4 Å². The van der Waals surface area contributed by atoms with E-state index in [4.69, 9.17) is 5.73 Å². The van der Waals surface area contributed by atoms with Crippen LogP contribution in [0, 0.1) is 0 Å². The van der Waals surface area contributed by atoms with E-state index in [1.54, 1.807) is 18.1 Å². The Kier molecular flexibility index (Phi) is 5.17. The van der Waals surface area contributed by atoms with Crippen molar-refractivity contribution in [3.05, 3.63) is 34.6 Å². The van der Waals surface area contributed by atoms with Crippen molar-refractivity contribution in [2.75, 3.05) is 0 Å². The van der Waals surface area contributed by atoms with Crippen molar-refractivity contribution in [1.29, 1.82) is 0 Å². The Hall–Kier alpha value is -0.430. The number of halogens is 1. The third-order valence-corrected chi connectivity index (χ3v) is 4.88. The fraction of sp³-hybridized carbons (Fsp3) is 0.333. The number of rotatable bonds is 5. The second kappa shape index (κ2) is 6.65. The van der Waals surface area contributed by atoms with Crippen molar-refractivity contribution in [3.8, 4) is 0 Å². The molecule has 0 bridgehead atoms. The Morgan fingerprint density at radius 2 is 2.33 bits per heavy atom. The standard InChI is InChI=1S/C12H14BrN3S2/c1-2-10(14)5-8-3-4-9(13)6-11(8)17-12-15-7-16-18-12/h3-4,6-7,10H,2,5,14H2,1H3. The zero-order valence-electron chi connectivity index (χ0n) is 9.97. The molecule has 1 unspecified atom stereocenters. The fourth-order valence-electron chi connectivity index (χ4n) is 1.52. The average molecular weight is 344 g/mol. The first-order valence-corrected chi connectivity index (χ1v) is 8.06. The lowest BCUT2D eigenvalue weighted by molar-refractivity contribution is 0.641. The highest BCUT2D eigenvalue weighted by molar-refractivity contribution is 9.10. The first kappa shape index (κ1) is 14.0. The fourth-order valence-corrected chi connectivity index (χ4v) is 3.62. The Morgan fingerprint density at radius 3 is 3.00 bits per heavy atom. The van der Waals surface area contributed by atoms with Crippen molar-refractivity contribution in [1.82, 2.24) is 9.36 Å². The molecule has 6 heteroatoms. The monoisotopic (exact) mass is 343 g/mol. The summed E-state index contributed by atoms with van der Waals surface area (Å²) in [5, 5.41) is 0. The van der Waals surface area contributed by atoms with Crippen LogP contribution in [0.15, 0.2) is 38.2 Å². The van der Waals surface area contributed by atoms with Crippen LogP contribution in [0.25, 0.3) is 0 Å². The molecule has 18 heavy (non-hydrogen) atoms. The molecule has 0 radical (unpaired) electrons. The van der Waals surface area contributed by atoms with E-state index in [0.29, 0.717) is 0 Å². The smallest absolute Gasteiger partial charge is 0.174 e. The lowest BCUT2D eigenvalue weighted by Gasteiger charge is -2.12. The predicted octanol–water partition coefficient (Wildman–Crippen LogP) is 3.73. The summed E-state index contributed by atoms with van der Waals surface area (Å²) in [7, 11) is 0. The van der Waals surface area contributed by atoms with E-state index in [9.17, 15) is 0 Å². The quantitative estimate of drug-likeness (QED) is 0.898. The highest BCUT2D eigenvalue weighted by Gasteiger charge is 2.10. The molecule has 96 valence electrons. The molecule has 1 aromatic heterocycles. The number of aromatic nitrogens is 2. The minimum absolute atomic E-state index is 0.208. The second-order valence-electron chi connectivity index (χ2n) is 3.93. The van der Waals surface area contributed by atoms with E-state index >= 15 is 0 Å². The van der Waals surface area contributed by atoms with E-state index in [1.807, 2.05) is 0 Å². The van der Waals surface area contributed by atoms with Crippen LogP contribution in [0.4, 0.5) is 0 Å². The molecule has 1 heterocycles. The highest BCUT2D eigenvalue weighted by atomic mass is 79.9. The van der Waals surface area contributed by atoms with Crippen LogP contribution < -0.4 is 5.73 Å². The van der Waals surface area contributed by atoms with Gasteiger partial charge in [-0.25, -0.2) is 4.98 Å². The number of hydrogen-bond donors (Lipinski definition) is 1. The first-order valence-electron chi connectivity index (χ1n) is 5.67. The summed E-state index contributed by atoms with van der Waals surface area (Å²) in [5.74, 6) is 0. The lowest BCUT2D eigenvalue weighted by atomic mass is 10.1. The predicted molar refractivity (Wildman–Crippen MR) is 80.1 cm³/mol. The van der Waals surface area contributed by atoms with Gasteiger partial charge in [0, 0.05) is 15.4 Å². The van der Waals surface area contributed by atoms with Crippen LogP contribution in [-0.2, 0) is 6.42 Å². The molecule has 2 aromatic rings. The molecule has 1 atom stereocenters. The van der Waals surface area contributed by atoms with Gasteiger partial charge in [-0.2, -0.15) is 4.37 Å². The van der Waals surface area contributed by atoms with Crippen molar-refractivity contribution in [2.45, 2.75) is 35.0 Å². The third kappa shape index (κ3) is 3.78. The third-order valence-electron chi connectivity index (χ3n) is 2.57. The summed E-state index contributed by atoms with van der Waals surface area (Å²) in [6, 6.07) is 6.51. The molecule has 2 N–H and O–H groups in total. The van der Waals surface area contributed by atoms with Crippen molar-refractivity contribution >= 4 is 39.2 Å². The minimum Gasteiger partial charge on any atom is -0.327 e. The van der Waals surface area contributed by atoms with Crippen LogP contribution in [0.1, 0.15) is 18.9 Å². The van der Waals surface area contributed by atoms with Gasteiger partial charge in [0.15, 0.2) is 4.34 Å². The molecule has 1 aromatic carbocycles. The van der Waals surface area contributed by atoms with Gasteiger partial charge in [-0.15, -0.1) is 0 Å².